The van der Waals surface area contributed by atoms with Crippen LogP contribution in [0.15, 0.2) is 35.2 Å². The van der Waals surface area contributed by atoms with Crippen molar-refractivity contribution in [3.05, 3.63) is 60.0 Å². The lowest BCUT2D eigenvalue weighted by atomic mass is 10.1. The molecule has 9 heteroatoms. The fourth-order valence-corrected chi connectivity index (χ4v) is 5.00. The highest BCUT2D eigenvalue weighted by Crippen LogP contribution is 2.38. The van der Waals surface area contributed by atoms with Crippen molar-refractivity contribution in [1.29, 1.82) is 0 Å². The normalized spacial score (nSPS) is 15.3. The van der Waals surface area contributed by atoms with Crippen molar-refractivity contribution >= 4 is 74.8 Å². The number of amides is 2. The first-order valence-electron chi connectivity index (χ1n) is 9.51. The van der Waals surface area contributed by atoms with Crippen LogP contribution in [0.2, 0.25) is 10.0 Å². The van der Waals surface area contributed by atoms with Gasteiger partial charge < -0.3 is 9.47 Å². The molecule has 0 aliphatic carbocycles. The monoisotopic (exact) mass is 591 g/mol. The van der Waals surface area contributed by atoms with E-state index in [-0.39, 0.29) is 17.2 Å². The molecule has 1 aliphatic rings. The topological polar surface area (TPSA) is 55.8 Å². The third kappa shape index (κ3) is 5.69. The summed E-state index contributed by atoms with van der Waals surface area (Å²) in [5, 5.41) is 0.696. The Hall–Kier alpha value is -1.42. The van der Waals surface area contributed by atoms with Crippen molar-refractivity contribution in [1.82, 2.24) is 4.90 Å². The van der Waals surface area contributed by atoms with Crippen LogP contribution in [-0.2, 0) is 11.4 Å². The van der Waals surface area contributed by atoms with E-state index in [1.54, 1.807) is 24.3 Å². The summed E-state index contributed by atoms with van der Waals surface area (Å²) in [6.45, 7) is 6.26. The molecule has 2 amide bonds. The van der Waals surface area contributed by atoms with Crippen LogP contribution in [0.1, 0.15) is 31.9 Å². The number of hydrogen-bond donors (Lipinski definition) is 0. The lowest BCUT2D eigenvalue weighted by Crippen LogP contribution is -2.34. The van der Waals surface area contributed by atoms with Crippen molar-refractivity contribution < 1.29 is 19.1 Å². The molecule has 0 N–H and O–H groups in total. The molecule has 5 nitrogen and oxygen atoms in total. The summed E-state index contributed by atoms with van der Waals surface area (Å²) in [5.74, 6) is 0.877. The number of ether oxygens (including phenoxy) is 2. The maximum Gasteiger partial charge on any atom is 0.293 e. The van der Waals surface area contributed by atoms with Crippen LogP contribution in [0, 0.1) is 3.57 Å². The first kappa shape index (κ1) is 24.2. The molecule has 1 saturated heterocycles. The zero-order valence-electron chi connectivity index (χ0n) is 17.1. The minimum atomic E-state index is -0.280. The molecule has 1 aliphatic heterocycles. The molecular formula is C22H20Cl2INO4S. The molecule has 1 heterocycles. The van der Waals surface area contributed by atoms with Crippen LogP contribution in [0.5, 0.6) is 11.5 Å². The summed E-state index contributed by atoms with van der Waals surface area (Å²) in [6.07, 6.45) is 1.71. The molecule has 3 rings (SSSR count). The molecule has 0 atom stereocenters. The molecule has 2 aromatic rings. The lowest BCUT2D eigenvalue weighted by Gasteiger charge is -2.16. The second-order valence-corrected chi connectivity index (χ2v) is 9.92. The molecule has 2 aromatic carbocycles. The molecule has 0 bridgehead atoms. The lowest BCUT2D eigenvalue weighted by molar-refractivity contribution is -0.123. The van der Waals surface area contributed by atoms with E-state index in [4.69, 9.17) is 32.7 Å². The molecule has 0 aromatic heterocycles. The molecule has 31 heavy (non-hydrogen) atoms. The van der Waals surface area contributed by atoms with E-state index in [0.717, 1.165) is 26.5 Å². The largest absolute Gasteiger partial charge is 0.490 e. The Kier molecular flexibility index (Phi) is 8.18. The van der Waals surface area contributed by atoms with Gasteiger partial charge in [-0.15, -0.1) is 0 Å². The van der Waals surface area contributed by atoms with Gasteiger partial charge in [-0.2, -0.15) is 0 Å². The van der Waals surface area contributed by atoms with Crippen LogP contribution in [0.4, 0.5) is 4.79 Å². The molecule has 164 valence electrons. The maximum absolute atomic E-state index is 12.6. The number of halogens is 3. The van der Waals surface area contributed by atoms with Crippen LogP contribution in [-0.4, -0.2) is 28.7 Å². The van der Waals surface area contributed by atoms with Crippen LogP contribution >= 0.6 is 57.6 Å². The first-order valence-corrected chi connectivity index (χ1v) is 12.2. The van der Waals surface area contributed by atoms with Crippen LogP contribution in [0.25, 0.3) is 6.08 Å². The fourth-order valence-electron chi connectivity index (χ4n) is 2.94. The Morgan fingerprint density at radius 2 is 1.87 bits per heavy atom. The zero-order valence-corrected chi connectivity index (χ0v) is 21.6. The first-order chi connectivity index (χ1) is 14.7. The van der Waals surface area contributed by atoms with Gasteiger partial charge in [0.2, 0.25) is 0 Å². The Labute approximate surface area is 209 Å². The number of nitrogens with zero attached hydrogens (tertiary/aromatic N) is 1. The highest BCUT2D eigenvalue weighted by molar-refractivity contribution is 14.1. The van der Waals surface area contributed by atoms with E-state index < -0.39 is 0 Å². The smallest absolute Gasteiger partial charge is 0.293 e. The average molecular weight is 592 g/mol. The number of hydrogen-bond acceptors (Lipinski definition) is 5. The fraction of sp³-hybridized carbons (Fsp3) is 0.273. The zero-order chi connectivity index (χ0) is 22.7. The van der Waals surface area contributed by atoms with Gasteiger partial charge >= 0.3 is 0 Å². The molecule has 0 unspecified atom stereocenters. The van der Waals surface area contributed by atoms with Gasteiger partial charge in [0.15, 0.2) is 11.5 Å². The number of carbonyl (C=O) groups is 2. The third-order valence-corrected chi connectivity index (χ3v) is 6.76. The predicted octanol–water partition coefficient (Wildman–Crippen LogP) is 7.02. The Morgan fingerprint density at radius 3 is 2.48 bits per heavy atom. The van der Waals surface area contributed by atoms with Gasteiger partial charge in [-0.25, -0.2) is 0 Å². The second kappa shape index (κ2) is 10.5. The molecule has 0 saturated carbocycles. The second-order valence-electron chi connectivity index (χ2n) is 6.95. The van der Waals surface area contributed by atoms with Gasteiger partial charge in [0.05, 0.1) is 25.1 Å². The average Bonchev–Trinajstić information content (AvgIpc) is 2.97. The van der Waals surface area contributed by atoms with Gasteiger partial charge in [0, 0.05) is 6.04 Å². The Balaban J connectivity index is 1.87. The highest BCUT2D eigenvalue weighted by Gasteiger charge is 2.36. The van der Waals surface area contributed by atoms with E-state index >= 15 is 0 Å². The van der Waals surface area contributed by atoms with Crippen molar-refractivity contribution in [2.45, 2.75) is 33.4 Å². The van der Waals surface area contributed by atoms with E-state index in [9.17, 15) is 9.59 Å². The quantitative estimate of drug-likeness (QED) is 0.256. The van der Waals surface area contributed by atoms with Gasteiger partial charge in [-0.05, 0) is 96.6 Å². The summed E-state index contributed by atoms with van der Waals surface area (Å²) in [5.41, 5.74) is 1.63. The number of carbonyl (C=O) groups excluding carboxylic acids is 2. The summed E-state index contributed by atoms with van der Waals surface area (Å²) < 4.78 is 12.6. The Morgan fingerprint density at radius 1 is 1.13 bits per heavy atom. The standard InChI is InChI=1S/C22H20Cl2INO4S/c1-4-29-18-9-14(10-19-21(27)26(12(2)3)22(28)31-19)8-17(25)20(18)30-11-13-5-6-15(23)16(24)7-13/h5-10,12H,4,11H2,1-3H3/b19-10-. The number of benzene rings is 2. The van der Waals surface area contributed by atoms with E-state index in [0.29, 0.717) is 39.7 Å². The van der Waals surface area contributed by atoms with Crippen molar-refractivity contribution in [3.8, 4) is 11.5 Å². The predicted molar refractivity (Wildman–Crippen MR) is 134 cm³/mol. The number of rotatable bonds is 7. The minimum Gasteiger partial charge on any atom is -0.490 e. The van der Waals surface area contributed by atoms with Gasteiger partial charge in [0.25, 0.3) is 11.1 Å². The summed E-state index contributed by atoms with van der Waals surface area (Å²) >= 11 is 15.2. The van der Waals surface area contributed by atoms with Crippen LogP contribution in [0.3, 0.4) is 0 Å². The summed E-state index contributed by atoms with van der Waals surface area (Å²) in [7, 11) is 0. The van der Waals surface area contributed by atoms with Crippen molar-refractivity contribution in [2.75, 3.05) is 6.61 Å². The number of thioether (sulfide) groups is 1. The van der Waals surface area contributed by atoms with Crippen molar-refractivity contribution in [2.24, 2.45) is 0 Å². The molecule has 1 fully saturated rings. The van der Waals surface area contributed by atoms with E-state index in [1.165, 1.54) is 4.90 Å². The summed E-state index contributed by atoms with van der Waals surface area (Å²) in [4.78, 5) is 26.4. The third-order valence-electron chi connectivity index (χ3n) is 4.34. The number of imide groups is 1. The van der Waals surface area contributed by atoms with Crippen molar-refractivity contribution in [3.63, 3.8) is 0 Å². The van der Waals surface area contributed by atoms with E-state index in [2.05, 4.69) is 22.6 Å². The van der Waals surface area contributed by atoms with Gasteiger partial charge in [-0.1, -0.05) is 29.3 Å². The SMILES string of the molecule is CCOc1cc(/C=C2\SC(=O)N(C(C)C)C2=O)cc(I)c1OCc1ccc(Cl)c(Cl)c1. The minimum absolute atomic E-state index is 0.185. The highest BCUT2D eigenvalue weighted by atomic mass is 127. The van der Waals surface area contributed by atoms with Crippen LogP contribution < -0.4 is 9.47 Å². The molecule has 0 radical (unpaired) electrons. The summed E-state index contributed by atoms with van der Waals surface area (Å²) in [6, 6.07) is 8.84. The Bertz CT molecular complexity index is 1060. The molecular weight excluding hydrogens is 572 g/mol. The van der Waals surface area contributed by atoms with Gasteiger partial charge in [0.1, 0.15) is 6.61 Å². The van der Waals surface area contributed by atoms with Gasteiger partial charge in [-0.3, -0.25) is 14.5 Å². The maximum atomic E-state index is 12.6. The van der Waals surface area contributed by atoms with E-state index in [1.807, 2.05) is 32.9 Å². The molecule has 0 spiro atoms.